The van der Waals surface area contributed by atoms with E-state index in [1.165, 1.54) is 4.90 Å². The quantitative estimate of drug-likeness (QED) is 0.473. The SMILES string of the molecule is CCOc1ccccc1NC1=C(c2ccc(Cl)cc2)C(=O)N(c2ccc(CC)cc2)C1=O. The van der Waals surface area contributed by atoms with Gasteiger partial charge in [0.25, 0.3) is 11.8 Å². The van der Waals surface area contributed by atoms with Crippen LogP contribution in [0.5, 0.6) is 5.75 Å². The molecule has 3 aromatic carbocycles. The fraction of sp³-hybridized carbons (Fsp3) is 0.154. The number of benzene rings is 3. The van der Waals surface area contributed by atoms with Gasteiger partial charge in [0.1, 0.15) is 11.4 Å². The Balaban J connectivity index is 1.80. The Kier molecular flexibility index (Phi) is 6.28. The third-order valence-electron chi connectivity index (χ3n) is 5.27. The lowest BCUT2D eigenvalue weighted by Crippen LogP contribution is -2.32. The predicted octanol–water partition coefficient (Wildman–Crippen LogP) is 5.70. The van der Waals surface area contributed by atoms with Gasteiger partial charge in [0.2, 0.25) is 0 Å². The molecule has 4 rings (SSSR count). The van der Waals surface area contributed by atoms with E-state index < -0.39 is 11.8 Å². The van der Waals surface area contributed by atoms with Gasteiger partial charge in [-0.1, -0.05) is 54.9 Å². The molecule has 0 radical (unpaired) electrons. The van der Waals surface area contributed by atoms with Crippen LogP contribution in [0.2, 0.25) is 5.02 Å². The van der Waals surface area contributed by atoms with E-state index in [1.54, 1.807) is 36.4 Å². The lowest BCUT2D eigenvalue weighted by molar-refractivity contribution is -0.120. The van der Waals surface area contributed by atoms with Crippen molar-refractivity contribution in [1.82, 2.24) is 0 Å². The molecule has 0 unspecified atom stereocenters. The average Bonchev–Trinajstić information content (AvgIpc) is 3.05. The van der Waals surface area contributed by atoms with Crippen LogP contribution in [-0.4, -0.2) is 18.4 Å². The number of amides is 2. The minimum atomic E-state index is -0.421. The van der Waals surface area contributed by atoms with E-state index in [-0.39, 0.29) is 11.3 Å². The Bertz CT molecular complexity index is 1180. The van der Waals surface area contributed by atoms with Crippen molar-refractivity contribution in [2.45, 2.75) is 20.3 Å². The highest BCUT2D eigenvalue weighted by Gasteiger charge is 2.40. The van der Waals surface area contributed by atoms with Gasteiger partial charge >= 0.3 is 0 Å². The van der Waals surface area contributed by atoms with Crippen LogP contribution in [0.25, 0.3) is 5.57 Å². The van der Waals surface area contributed by atoms with Gasteiger partial charge in [-0.3, -0.25) is 9.59 Å². The molecule has 0 bridgehead atoms. The second kappa shape index (κ2) is 9.28. The van der Waals surface area contributed by atoms with E-state index in [1.807, 2.05) is 43.3 Å². The summed E-state index contributed by atoms with van der Waals surface area (Å²) in [6, 6.07) is 21.6. The monoisotopic (exact) mass is 446 g/mol. The molecule has 1 aliphatic heterocycles. The second-order valence-electron chi connectivity index (χ2n) is 7.28. The Labute approximate surface area is 192 Å². The first-order valence-corrected chi connectivity index (χ1v) is 10.9. The first-order valence-electron chi connectivity index (χ1n) is 10.5. The lowest BCUT2D eigenvalue weighted by atomic mass is 10.0. The molecule has 0 aliphatic carbocycles. The van der Waals surface area contributed by atoms with E-state index in [2.05, 4.69) is 12.2 Å². The molecular formula is C26H23ClN2O3. The zero-order valence-electron chi connectivity index (χ0n) is 17.9. The number of imide groups is 1. The predicted molar refractivity (Wildman–Crippen MR) is 128 cm³/mol. The topological polar surface area (TPSA) is 58.6 Å². The van der Waals surface area contributed by atoms with Gasteiger partial charge in [-0.05, 0) is 60.9 Å². The molecule has 0 spiro atoms. The van der Waals surface area contributed by atoms with Crippen LogP contribution in [0, 0.1) is 0 Å². The molecule has 1 N–H and O–H groups in total. The zero-order chi connectivity index (χ0) is 22.7. The van der Waals surface area contributed by atoms with Crippen molar-refractivity contribution >= 4 is 40.4 Å². The number of anilines is 2. The number of para-hydroxylation sites is 2. The molecule has 0 fully saturated rings. The van der Waals surface area contributed by atoms with Crippen LogP contribution >= 0.6 is 11.6 Å². The third kappa shape index (κ3) is 4.12. The number of ether oxygens (including phenoxy) is 1. The summed E-state index contributed by atoms with van der Waals surface area (Å²) in [7, 11) is 0. The highest BCUT2D eigenvalue weighted by atomic mass is 35.5. The minimum absolute atomic E-state index is 0.198. The number of nitrogens with one attached hydrogen (secondary N) is 1. The molecule has 1 aliphatic rings. The molecule has 2 amide bonds. The number of carbonyl (C=O) groups is 2. The average molecular weight is 447 g/mol. The van der Waals surface area contributed by atoms with Crippen LogP contribution in [0.15, 0.2) is 78.5 Å². The molecule has 0 saturated heterocycles. The lowest BCUT2D eigenvalue weighted by Gasteiger charge is -2.16. The molecule has 0 aromatic heterocycles. The molecule has 3 aromatic rings. The number of aryl methyl sites for hydroxylation is 1. The third-order valence-corrected chi connectivity index (χ3v) is 5.52. The standard InChI is InChI=1S/C26H23ClN2O3/c1-3-17-9-15-20(16-10-17)29-25(30)23(18-11-13-19(27)14-12-18)24(26(29)31)28-21-7-5-6-8-22(21)32-4-2/h5-16,28H,3-4H2,1-2H3. The Morgan fingerprint density at radius 2 is 1.56 bits per heavy atom. The summed E-state index contributed by atoms with van der Waals surface area (Å²) in [4.78, 5) is 28.2. The Morgan fingerprint density at radius 3 is 2.22 bits per heavy atom. The van der Waals surface area contributed by atoms with E-state index in [9.17, 15) is 9.59 Å². The Hall–Kier alpha value is -3.57. The number of carbonyl (C=O) groups excluding carboxylic acids is 2. The van der Waals surface area contributed by atoms with Gasteiger partial charge < -0.3 is 10.1 Å². The van der Waals surface area contributed by atoms with Crippen molar-refractivity contribution in [2.24, 2.45) is 0 Å². The molecule has 0 saturated carbocycles. The summed E-state index contributed by atoms with van der Waals surface area (Å²) >= 11 is 6.05. The van der Waals surface area contributed by atoms with Crippen LogP contribution in [-0.2, 0) is 16.0 Å². The number of nitrogens with zero attached hydrogens (tertiary/aromatic N) is 1. The Morgan fingerprint density at radius 1 is 0.875 bits per heavy atom. The maximum atomic E-state index is 13.5. The number of hydrogen-bond donors (Lipinski definition) is 1. The van der Waals surface area contributed by atoms with Crippen molar-refractivity contribution in [3.63, 3.8) is 0 Å². The molecule has 162 valence electrons. The normalized spacial score (nSPS) is 13.7. The van der Waals surface area contributed by atoms with E-state index >= 15 is 0 Å². The molecule has 0 atom stereocenters. The fourth-order valence-electron chi connectivity index (χ4n) is 3.63. The second-order valence-corrected chi connectivity index (χ2v) is 7.71. The maximum absolute atomic E-state index is 13.5. The number of rotatable bonds is 7. The van der Waals surface area contributed by atoms with Gasteiger partial charge in [-0.15, -0.1) is 0 Å². The van der Waals surface area contributed by atoms with Crippen molar-refractivity contribution in [3.05, 3.63) is 94.6 Å². The molecule has 5 nitrogen and oxygen atoms in total. The molecule has 1 heterocycles. The molecule has 32 heavy (non-hydrogen) atoms. The zero-order valence-corrected chi connectivity index (χ0v) is 18.6. The fourth-order valence-corrected chi connectivity index (χ4v) is 3.76. The highest BCUT2D eigenvalue weighted by molar-refractivity contribution is 6.46. The van der Waals surface area contributed by atoms with Crippen LogP contribution in [0.4, 0.5) is 11.4 Å². The highest BCUT2D eigenvalue weighted by Crippen LogP contribution is 2.36. The maximum Gasteiger partial charge on any atom is 0.282 e. The summed E-state index contributed by atoms with van der Waals surface area (Å²) < 4.78 is 5.69. The molecule has 6 heteroatoms. The summed E-state index contributed by atoms with van der Waals surface area (Å²) in [6.07, 6.45) is 0.872. The smallest absolute Gasteiger partial charge is 0.282 e. The van der Waals surface area contributed by atoms with Crippen LogP contribution < -0.4 is 15.0 Å². The summed E-state index contributed by atoms with van der Waals surface area (Å²) in [5.41, 5.74) is 3.36. The van der Waals surface area contributed by atoms with Crippen molar-refractivity contribution in [2.75, 3.05) is 16.8 Å². The first-order chi connectivity index (χ1) is 15.5. The van der Waals surface area contributed by atoms with E-state index in [4.69, 9.17) is 16.3 Å². The van der Waals surface area contributed by atoms with Crippen molar-refractivity contribution in [1.29, 1.82) is 0 Å². The van der Waals surface area contributed by atoms with Gasteiger partial charge in [-0.2, -0.15) is 0 Å². The van der Waals surface area contributed by atoms with Crippen LogP contribution in [0.1, 0.15) is 25.0 Å². The largest absolute Gasteiger partial charge is 0.492 e. The summed E-state index contributed by atoms with van der Waals surface area (Å²) in [5, 5.41) is 3.72. The number of hydrogen-bond acceptors (Lipinski definition) is 4. The van der Waals surface area contributed by atoms with Gasteiger partial charge in [0.15, 0.2) is 0 Å². The van der Waals surface area contributed by atoms with Gasteiger partial charge in [0, 0.05) is 5.02 Å². The summed E-state index contributed by atoms with van der Waals surface area (Å²) in [5.74, 6) is -0.211. The number of halogens is 1. The van der Waals surface area contributed by atoms with Crippen molar-refractivity contribution in [3.8, 4) is 5.75 Å². The van der Waals surface area contributed by atoms with Crippen molar-refractivity contribution < 1.29 is 14.3 Å². The van der Waals surface area contributed by atoms with Crippen LogP contribution in [0.3, 0.4) is 0 Å². The van der Waals surface area contributed by atoms with E-state index in [0.717, 1.165) is 12.0 Å². The first kappa shape index (κ1) is 21.7. The summed E-state index contributed by atoms with van der Waals surface area (Å²) in [6.45, 7) is 4.42. The minimum Gasteiger partial charge on any atom is -0.492 e. The van der Waals surface area contributed by atoms with E-state index in [0.29, 0.717) is 34.3 Å². The van der Waals surface area contributed by atoms with Gasteiger partial charge in [0.05, 0.1) is 23.6 Å². The van der Waals surface area contributed by atoms with Gasteiger partial charge in [-0.25, -0.2) is 4.90 Å². The molecular weight excluding hydrogens is 424 g/mol.